The van der Waals surface area contributed by atoms with Gasteiger partial charge in [0.1, 0.15) is 23.1 Å². The topological polar surface area (TPSA) is 21.3 Å². The maximum absolute atomic E-state index is 13.5. The highest BCUT2D eigenvalue weighted by atomic mass is 79.9. The number of halogens is 3. The second-order valence-electron chi connectivity index (χ2n) is 4.25. The molecule has 0 radical (unpaired) electrons. The van der Waals surface area contributed by atoms with E-state index in [-0.39, 0.29) is 5.82 Å². The van der Waals surface area contributed by atoms with E-state index < -0.39 is 5.82 Å². The Hall–Kier alpha value is -1.46. The molecule has 0 unspecified atom stereocenters. The van der Waals surface area contributed by atoms with Crippen molar-refractivity contribution in [1.29, 1.82) is 0 Å². The van der Waals surface area contributed by atoms with Gasteiger partial charge in [-0.25, -0.2) is 8.78 Å². The summed E-state index contributed by atoms with van der Waals surface area (Å²) in [5.74, 6) is -0.149. The van der Waals surface area contributed by atoms with Gasteiger partial charge in [-0.05, 0) is 52.3 Å². The smallest absolute Gasteiger partial charge is 0.144 e. The summed E-state index contributed by atoms with van der Waals surface area (Å²) in [7, 11) is 0. The van der Waals surface area contributed by atoms with Crippen LogP contribution in [-0.2, 0) is 6.54 Å². The van der Waals surface area contributed by atoms with Gasteiger partial charge in [-0.3, -0.25) is 0 Å². The molecule has 0 aliphatic rings. The van der Waals surface area contributed by atoms with Gasteiger partial charge in [-0.1, -0.05) is 6.92 Å². The summed E-state index contributed by atoms with van der Waals surface area (Å²) in [6, 6.07) is 8.55. The van der Waals surface area contributed by atoms with Crippen LogP contribution in [0.5, 0.6) is 11.5 Å². The van der Waals surface area contributed by atoms with E-state index in [1.54, 1.807) is 12.1 Å². The molecule has 0 aliphatic heterocycles. The van der Waals surface area contributed by atoms with Crippen molar-refractivity contribution < 1.29 is 13.5 Å². The van der Waals surface area contributed by atoms with Crippen molar-refractivity contribution in [3.05, 3.63) is 58.1 Å². The van der Waals surface area contributed by atoms with Crippen LogP contribution in [0.2, 0.25) is 0 Å². The summed E-state index contributed by atoms with van der Waals surface area (Å²) >= 11 is 3.27. The van der Waals surface area contributed by atoms with Crippen molar-refractivity contribution in [1.82, 2.24) is 5.32 Å². The minimum absolute atomic E-state index is 0.310. The standard InChI is InChI=1S/C15H14BrF2NO/c1-2-19-9-10-5-12(18)7-13(6-10)20-15-8-11(17)3-4-14(15)16/h3-8,19H,2,9H2,1H3. The molecule has 0 heterocycles. The summed E-state index contributed by atoms with van der Waals surface area (Å²) in [5, 5.41) is 3.11. The Balaban J connectivity index is 2.24. The van der Waals surface area contributed by atoms with Gasteiger partial charge in [0, 0.05) is 18.7 Å². The summed E-state index contributed by atoms with van der Waals surface area (Å²) < 4.78 is 32.9. The second-order valence-corrected chi connectivity index (χ2v) is 5.11. The fourth-order valence-corrected chi connectivity index (χ4v) is 2.06. The first-order valence-electron chi connectivity index (χ1n) is 6.21. The molecule has 0 amide bonds. The Labute approximate surface area is 124 Å². The SMILES string of the molecule is CCNCc1cc(F)cc(Oc2cc(F)ccc2Br)c1. The summed E-state index contributed by atoms with van der Waals surface area (Å²) in [4.78, 5) is 0. The van der Waals surface area contributed by atoms with E-state index in [0.29, 0.717) is 22.5 Å². The molecule has 0 atom stereocenters. The molecule has 20 heavy (non-hydrogen) atoms. The largest absolute Gasteiger partial charge is 0.456 e. The molecule has 0 saturated carbocycles. The number of ether oxygens (including phenoxy) is 1. The normalized spacial score (nSPS) is 10.6. The molecule has 0 saturated heterocycles. The van der Waals surface area contributed by atoms with Crippen molar-refractivity contribution >= 4 is 15.9 Å². The zero-order chi connectivity index (χ0) is 14.5. The summed E-state index contributed by atoms with van der Waals surface area (Å²) in [6.45, 7) is 3.32. The number of nitrogens with one attached hydrogen (secondary N) is 1. The Morgan fingerprint density at radius 2 is 1.90 bits per heavy atom. The fraction of sp³-hybridized carbons (Fsp3) is 0.200. The number of hydrogen-bond donors (Lipinski definition) is 1. The van der Waals surface area contributed by atoms with Crippen molar-refractivity contribution in [2.75, 3.05) is 6.54 Å². The molecule has 2 rings (SSSR count). The molecule has 106 valence electrons. The Bertz CT molecular complexity index is 604. The van der Waals surface area contributed by atoms with E-state index in [4.69, 9.17) is 4.74 Å². The molecule has 2 aromatic carbocycles. The summed E-state index contributed by atoms with van der Waals surface area (Å²) in [6.07, 6.45) is 0. The third-order valence-electron chi connectivity index (χ3n) is 2.63. The molecule has 0 fully saturated rings. The van der Waals surface area contributed by atoms with Gasteiger partial charge in [-0.2, -0.15) is 0 Å². The van der Waals surface area contributed by atoms with Gasteiger partial charge in [0.05, 0.1) is 4.47 Å². The first kappa shape index (κ1) is 14.9. The third-order valence-corrected chi connectivity index (χ3v) is 3.29. The molecular weight excluding hydrogens is 328 g/mol. The van der Waals surface area contributed by atoms with E-state index in [0.717, 1.165) is 12.1 Å². The molecule has 0 spiro atoms. The van der Waals surface area contributed by atoms with Crippen LogP contribution in [0.15, 0.2) is 40.9 Å². The predicted molar refractivity (Wildman–Crippen MR) is 78.0 cm³/mol. The molecule has 0 aromatic heterocycles. The van der Waals surface area contributed by atoms with E-state index in [1.807, 2.05) is 6.92 Å². The Morgan fingerprint density at radius 3 is 2.65 bits per heavy atom. The van der Waals surface area contributed by atoms with Crippen molar-refractivity contribution in [2.24, 2.45) is 0 Å². The van der Waals surface area contributed by atoms with E-state index in [2.05, 4.69) is 21.2 Å². The van der Waals surface area contributed by atoms with Gasteiger partial charge in [0.15, 0.2) is 0 Å². The lowest BCUT2D eigenvalue weighted by Crippen LogP contribution is -2.11. The van der Waals surface area contributed by atoms with Crippen LogP contribution in [0.25, 0.3) is 0 Å². The van der Waals surface area contributed by atoms with Gasteiger partial charge < -0.3 is 10.1 Å². The maximum Gasteiger partial charge on any atom is 0.144 e. The van der Waals surface area contributed by atoms with Crippen molar-refractivity contribution in [3.8, 4) is 11.5 Å². The zero-order valence-electron chi connectivity index (χ0n) is 10.9. The molecule has 2 aromatic rings. The minimum Gasteiger partial charge on any atom is -0.456 e. The molecule has 5 heteroatoms. The molecule has 0 aliphatic carbocycles. The minimum atomic E-state index is -0.410. The Kier molecular flexibility index (Phi) is 5.09. The highest BCUT2D eigenvalue weighted by Crippen LogP contribution is 2.31. The lowest BCUT2D eigenvalue weighted by atomic mass is 10.2. The molecule has 0 bridgehead atoms. The van der Waals surface area contributed by atoms with Gasteiger partial charge in [0.2, 0.25) is 0 Å². The molecule has 1 N–H and O–H groups in total. The maximum atomic E-state index is 13.5. The van der Waals surface area contributed by atoms with Crippen LogP contribution in [-0.4, -0.2) is 6.54 Å². The van der Waals surface area contributed by atoms with Gasteiger partial charge in [0.25, 0.3) is 0 Å². The number of benzene rings is 2. The van der Waals surface area contributed by atoms with E-state index in [9.17, 15) is 8.78 Å². The van der Waals surface area contributed by atoms with E-state index in [1.165, 1.54) is 24.3 Å². The predicted octanol–water partition coefficient (Wildman–Crippen LogP) is 4.63. The lowest BCUT2D eigenvalue weighted by molar-refractivity contribution is 0.467. The summed E-state index contributed by atoms with van der Waals surface area (Å²) in [5.41, 5.74) is 0.773. The van der Waals surface area contributed by atoms with Crippen LogP contribution in [0.3, 0.4) is 0 Å². The average Bonchev–Trinajstić information content (AvgIpc) is 2.40. The Morgan fingerprint density at radius 1 is 1.10 bits per heavy atom. The highest BCUT2D eigenvalue weighted by Gasteiger charge is 2.07. The first-order valence-corrected chi connectivity index (χ1v) is 7.01. The molecular formula is C15H14BrF2NO. The highest BCUT2D eigenvalue weighted by molar-refractivity contribution is 9.10. The second kappa shape index (κ2) is 6.81. The monoisotopic (exact) mass is 341 g/mol. The zero-order valence-corrected chi connectivity index (χ0v) is 12.5. The molecule has 2 nitrogen and oxygen atoms in total. The van der Waals surface area contributed by atoms with Gasteiger partial charge in [-0.15, -0.1) is 0 Å². The van der Waals surface area contributed by atoms with Crippen molar-refractivity contribution in [3.63, 3.8) is 0 Å². The number of rotatable bonds is 5. The van der Waals surface area contributed by atoms with Crippen LogP contribution in [0, 0.1) is 11.6 Å². The van der Waals surface area contributed by atoms with E-state index >= 15 is 0 Å². The van der Waals surface area contributed by atoms with Crippen LogP contribution >= 0.6 is 15.9 Å². The van der Waals surface area contributed by atoms with Gasteiger partial charge >= 0.3 is 0 Å². The first-order chi connectivity index (χ1) is 9.58. The average molecular weight is 342 g/mol. The number of hydrogen-bond acceptors (Lipinski definition) is 2. The fourth-order valence-electron chi connectivity index (χ4n) is 1.73. The van der Waals surface area contributed by atoms with Crippen LogP contribution < -0.4 is 10.1 Å². The quantitative estimate of drug-likeness (QED) is 0.856. The lowest BCUT2D eigenvalue weighted by Gasteiger charge is -2.10. The van der Waals surface area contributed by atoms with Crippen molar-refractivity contribution in [2.45, 2.75) is 13.5 Å². The van der Waals surface area contributed by atoms with Crippen LogP contribution in [0.4, 0.5) is 8.78 Å². The van der Waals surface area contributed by atoms with Crippen LogP contribution in [0.1, 0.15) is 12.5 Å². The third kappa shape index (κ3) is 4.02.